The monoisotopic (exact) mass is 238 g/mol. The van der Waals surface area contributed by atoms with Gasteiger partial charge in [-0.1, -0.05) is 6.08 Å². The molecule has 2 amide bonds. The summed E-state index contributed by atoms with van der Waals surface area (Å²) < 4.78 is 0. The van der Waals surface area contributed by atoms with E-state index in [2.05, 4.69) is 0 Å². The molecule has 3 N–H and O–H groups in total. The van der Waals surface area contributed by atoms with Crippen LogP contribution in [0.4, 0.5) is 4.79 Å². The summed E-state index contributed by atoms with van der Waals surface area (Å²) in [5.41, 5.74) is 5.92. The Morgan fingerprint density at radius 1 is 1.79 bits per heavy atom. The van der Waals surface area contributed by atoms with Gasteiger partial charge in [0.15, 0.2) is 0 Å². The number of thiophene rings is 1. The zero-order chi connectivity index (χ0) is 9.68. The molecule has 0 atom stereocenters. The Bertz CT molecular complexity index is 306. The number of nitrogens with two attached hydrogens (primary N) is 1. The maximum atomic E-state index is 10.3. The van der Waals surface area contributed by atoms with Gasteiger partial charge in [0.05, 0.1) is 0 Å². The van der Waals surface area contributed by atoms with Crippen LogP contribution in [0.1, 0.15) is 6.99 Å². The predicted molar refractivity (Wildman–Crippen MR) is 51.5 cm³/mol. The third kappa shape index (κ3) is 5.25. The summed E-state index contributed by atoms with van der Waals surface area (Å²) in [5.74, 6) is 0. The molecule has 14 heavy (non-hydrogen) atoms. The van der Waals surface area contributed by atoms with Crippen LogP contribution in [-0.4, -0.2) is 16.3 Å². The van der Waals surface area contributed by atoms with Crippen molar-refractivity contribution < 1.29 is 62.8 Å². The van der Waals surface area contributed by atoms with Crippen LogP contribution in [0.2, 0.25) is 0 Å². The molecule has 1 aromatic heterocycles. The topological polar surface area (TPSA) is 66.6 Å². The maximum Gasteiger partial charge on any atom is 1.00 e. The van der Waals surface area contributed by atoms with E-state index in [0.717, 1.165) is 5.56 Å². The summed E-state index contributed by atoms with van der Waals surface area (Å²) in [6.45, 7) is 0. The summed E-state index contributed by atoms with van der Waals surface area (Å²) in [6.07, 6.45) is 3.57. The quantitative estimate of drug-likeness (QED) is 0.390. The Hall–Kier alpha value is 0.306. The molecule has 0 aliphatic heterocycles. The molecule has 0 saturated heterocycles. The van der Waals surface area contributed by atoms with Crippen molar-refractivity contribution in [2.45, 2.75) is 6.42 Å². The normalized spacial score (nSPS) is 9.79. The fraction of sp³-hybridized carbons (Fsp3) is 0.125. The molecule has 1 heterocycles. The van der Waals surface area contributed by atoms with Crippen LogP contribution < -0.4 is 57.1 Å². The largest absolute Gasteiger partial charge is 1.00 e. The summed E-state index contributed by atoms with van der Waals surface area (Å²) in [6, 6.07) is 1.09. The Kier molecular flexibility index (Phi) is 7.74. The second-order valence-electron chi connectivity index (χ2n) is 2.40. The molecule has 0 unspecified atom stereocenters. The molecule has 6 heteroatoms. The standard InChI is InChI=1S/C8H10N2O2S.K.H/c9-8(11)10(12)4-1-2-7-3-5-13-6-7;;/h1,3-6,12H,2H2,(H2,9,11);;/q;+1;-1. The predicted octanol–water partition coefficient (Wildman–Crippen LogP) is -1.31. The van der Waals surface area contributed by atoms with Crippen molar-refractivity contribution in [3.05, 3.63) is 34.7 Å². The van der Waals surface area contributed by atoms with Gasteiger partial charge in [-0.15, -0.1) is 0 Å². The summed E-state index contributed by atoms with van der Waals surface area (Å²) in [7, 11) is 0. The number of hydroxylamine groups is 2. The van der Waals surface area contributed by atoms with E-state index in [-0.39, 0.29) is 52.8 Å². The first kappa shape index (κ1) is 14.3. The van der Waals surface area contributed by atoms with E-state index in [1.54, 1.807) is 17.4 Å². The third-order valence-electron chi connectivity index (χ3n) is 1.41. The molecule has 0 aromatic carbocycles. The van der Waals surface area contributed by atoms with E-state index in [1.807, 2.05) is 16.8 Å². The van der Waals surface area contributed by atoms with Gasteiger partial charge < -0.3 is 7.16 Å². The van der Waals surface area contributed by atoms with Crippen LogP contribution in [0.15, 0.2) is 29.1 Å². The Morgan fingerprint density at radius 2 is 2.50 bits per heavy atom. The average molecular weight is 238 g/mol. The number of hydrogen-bond acceptors (Lipinski definition) is 3. The number of urea groups is 1. The second-order valence-corrected chi connectivity index (χ2v) is 3.18. The van der Waals surface area contributed by atoms with Crippen molar-refractivity contribution in [1.29, 1.82) is 0 Å². The van der Waals surface area contributed by atoms with Gasteiger partial charge >= 0.3 is 57.4 Å². The van der Waals surface area contributed by atoms with Crippen molar-refractivity contribution >= 4 is 17.4 Å². The van der Waals surface area contributed by atoms with Gasteiger partial charge in [0.25, 0.3) is 0 Å². The van der Waals surface area contributed by atoms with Crippen LogP contribution in [-0.2, 0) is 6.42 Å². The van der Waals surface area contributed by atoms with Crippen molar-refractivity contribution in [3.63, 3.8) is 0 Å². The maximum absolute atomic E-state index is 10.3. The molecule has 1 aromatic rings. The van der Waals surface area contributed by atoms with Crippen molar-refractivity contribution in [3.8, 4) is 0 Å². The molecule has 0 radical (unpaired) electrons. The molecule has 72 valence electrons. The molecule has 0 aliphatic rings. The van der Waals surface area contributed by atoms with Gasteiger partial charge in [-0.05, 0) is 28.8 Å². The minimum atomic E-state index is -0.887. The summed E-state index contributed by atoms with van der Waals surface area (Å²) >= 11 is 1.60. The fourth-order valence-corrected chi connectivity index (χ4v) is 1.45. The number of allylic oxidation sites excluding steroid dienone is 1. The molecule has 0 fully saturated rings. The Labute approximate surface area is 130 Å². The van der Waals surface area contributed by atoms with Gasteiger partial charge in [0.2, 0.25) is 0 Å². The number of carbonyl (C=O) groups is 1. The van der Waals surface area contributed by atoms with Gasteiger partial charge in [0, 0.05) is 6.20 Å². The summed E-state index contributed by atoms with van der Waals surface area (Å²) in [5, 5.41) is 13.1. The van der Waals surface area contributed by atoms with Gasteiger partial charge in [-0.25, -0.2) is 4.79 Å². The summed E-state index contributed by atoms with van der Waals surface area (Å²) in [4.78, 5) is 10.3. The number of primary amides is 1. The molecule has 0 aliphatic carbocycles. The van der Waals surface area contributed by atoms with E-state index >= 15 is 0 Å². The first-order chi connectivity index (χ1) is 6.20. The molecule has 0 saturated carbocycles. The van der Waals surface area contributed by atoms with Gasteiger partial charge in [-0.3, -0.25) is 5.21 Å². The number of hydrogen-bond donors (Lipinski definition) is 2. The number of rotatable bonds is 3. The van der Waals surface area contributed by atoms with Crippen molar-refractivity contribution in [1.82, 2.24) is 5.06 Å². The van der Waals surface area contributed by atoms with Crippen LogP contribution in [0.25, 0.3) is 0 Å². The smallest absolute Gasteiger partial charge is 1.00 e. The minimum absolute atomic E-state index is 0. The fourth-order valence-electron chi connectivity index (χ4n) is 0.771. The first-order valence-corrected chi connectivity index (χ1v) is 4.59. The third-order valence-corrected chi connectivity index (χ3v) is 2.14. The Morgan fingerprint density at radius 3 is 3.00 bits per heavy atom. The molecule has 0 spiro atoms. The molecule has 4 nitrogen and oxygen atoms in total. The van der Waals surface area contributed by atoms with E-state index in [4.69, 9.17) is 10.9 Å². The van der Waals surface area contributed by atoms with Crippen molar-refractivity contribution in [2.24, 2.45) is 5.73 Å². The Balaban J connectivity index is 0. The van der Waals surface area contributed by atoms with E-state index in [1.165, 1.54) is 6.20 Å². The SMILES string of the molecule is NC(=O)N(O)C=CCc1ccsc1.[H-].[K+]. The van der Waals surface area contributed by atoms with Crippen LogP contribution in [0, 0.1) is 0 Å². The zero-order valence-electron chi connectivity index (χ0n) is 8.88. The minimum Gasteiger partial charge on any atom is -1.00 e. The van der Waals surface area contributed by atoms with Gasteiger partial charge in [0.1, 0.15) is 0 Å². The average Bonchev–Trinajstić information content (AvgIpc) is 2.56. The molecule has 1 rings (SSSR count). The molecule has 0 bridgehead atoms. The van der Waals surface area contributed by atoms with E-state index in [0.29, 0.717) is 11.5 Å². The van der Waals surface area contributed by atoms with E-state index in [9.17, 15) is 4.79 Å². The number of amides is 2. The van der Waals surface area contributed by atoms with Crippen LogP contribution in [0.5, 0.6) is 0 Å². The van der Waals surface area contributed by atoms with Gasteiger partial charge in [-0.2, -0.15) is 16.4 Å². The molecular formula is C8H11KN2O2S. The number of nitrogens with zero attached hydrogens (tertiary/aromatic N) is 1. The van der Waals surface area contributed by atoms with Crippen LogP contribution >= 0.6 is 11.3 Å². The van der Waals surface area contributed by atoms with Crippen LogP contribution in [0.3, 0.4) is 0 Å². The molecular weight excluding hydrogens is 227 g/mol. The number of carbonyl (C=O) groups excluding carboxylic acids is 1. The van der Waals surface area contributed by atoms with Crippen molar-refractivity contribution in [2.75, 3.05) is 0 Å². The van der Waals surface area contributed by atoms with E-state index < -0.39 is 6.03 Å². The zero-order valence-corrected chi connectivity index (χ0v) is 11.8. The first-order valence-electron chi connectivity index (χ1n) is 3.65. The second kappa shape index (κ2) is 7.58.